The van der Waals surface area contributed by atoms with Gasteiger partial charge in [-0.1, -0.05) is 26.8 Å². The third-order valence-corrected chi connectivity index (χ3v) is 8.06. The van der Waals surface area contributed by atoms with Crippen molar-refractivity contribution in [3.63, 3.8) is 0 Å². The highest BCUT2D eigenvalue weighted by Gasteiger charge is 2.40. The molecular formula is C13H27NO3Si. The molecule has 0 aromatic heterocycles. The Morgan fingerprint density at radius 3 is 2.33 bits per heavy atom. The van der Waals surface area contributed by atoms with Crippen LogP contribution in [0.15, 0.2) is 12.7 Å². The number of hydrogen-bond donors (Lipinski definition) is 2. The van der Waals surface area contributed by atoms with Crippen LogP contribution >= 0.6 is 0 Å². The van der Waals surface area contributed by atoms with E-state index < -0.39 is 14.4 Å². The summed E-state index contributed by atoms with van der Waals surface area (Å²) in [5.41, 5.74) is 0. The van der Waals surface area contributed by atoms with Crippen molar-refractivity contribution in [2.45, 2.75) is 64.4 Å². The molecule has 0 aromatic carbocycles. The van der Waals surface area contributed by atoms with E-state index in [1.165, 1.54) is 0 Å². The van der Waals surface area contributed by atoms with Crippen LogP contribution in [0, 0.1) is 0 Å². The Morgan fingerprint density at radius 2 is 2.00 bits per heavy atom. The first kappa shape index (κ1) is 17.2. The predicted molar refractivity (Wildman–Crippen MR) is 77.5 cm³/mol. The minimum atomic E-state index is -1.90. The zero-order chi connectivity index (χ0) is 14.6. The van der Waals surface area contributed by atoms with Crippen LogP contribution in [0.2, 0.25) is 18.1 Å². The Kier molecular flexibility index (Phi) is 6.09. The number of hydrogen-bond acceptors (Lipinski definition) is 2. The molecule has 0 aliphatic carbocycles. The lowest BCUT2D eigenvalue weighted by atomic mass is 10.1. The number of amides is 1. The first-order valence-corrected chi connectivity index (χ1v) is 9.20. The van der Waals surface area contributed by atoms with E-state index in [1.54, 1.807) is 6.08 Å². The molecule has 0 fully saturated rings. The zero-order valence-electron chi connectivity index (χ0n) is 12.4. The van der Waals surface area contributed by atoms with Crippen molar-refractivity contribution >= 4 is 14.4 Å². The third kappa shape index (κ3) is 5.22. The van der Waals surface area contributed by atoms with Crippen LogP contribution in [-0.2, 0) is 4.43 Å². The van der Waals surface area contributed by atoms with Gasteiger partial charge in [0.05, 0.1) is 12.1 Å². The lowest BCUT2D eigenvalue weighted by molar-refractivity contribution is 0.134. The fraction of sp³-hybridized carbons (Fsp3) is 0.769. The second-order valence-electron chi connectivity index (χ2n) is 6.18. The van der Waals surface area contributed by atoms with Gasteiger partial charge in [-0.2, -0.15) is 0 Å². The van der Waals surface area contributed by atoms with Crippen LogP contribution in [0.1, 0.15) is 34.1 Å². The maximum Gasteiger partial charge on any atom is 0.404 e. The number of carbonyl (C=O) groups is 1. The summed E-state index contributed by atoms with van der Waals surface area (Å²) in [6.45, 7) is 16.4. The van der Waals surface area contributed by atoms with Gasteiger partial charge in [-0.05, 0) is 31.5 Å². The topological polar surface area (TPSA) is 58.6 Å². The first-order chi connectivity index (χ1) is 8.01. The first-order valence-electron chi connectivity index (χ1n) is 6.29. The molecule has 0 rings (SSSR count). The molecule has 0 aliphatic heterocycles. The van der Waals surface area contributed by atoms with Crippen molar-refractivity contribution in [3.8, 4) is 0 Å². The van der Waals surface area contributed by atoms with E-state index in [0.29, 0.717) is 6.42 Å². The highest BCUT2D eigenvalue weighted by molar-refractivity contribution is 6.74. The molecule has 0 saturated heterocycles. The SMILES string of the molecule is C=CCC(O[Si](C)(C)C(C)(C)C)[C@H](C)NC(=O)O. The van der Waals surface area contributed by atoms with Crippen molar-refractivity contribution in [2.75, 3.05) is 0 Å². The molecule has 0 aromatic rings. The number of carboxylic acid groups (broad SMARTS) is 1. The quantitative estimate of drug-likeness (QED) is 0.574. The van der Waals surface area contributed by atoms with Gasteiger partial charge < -0.3 is 14.8 Å². The lowest BCUT2D eigenvalue weighted by Crippen LogP contribution is -2.50. The monoisotopic (exact) mass is 273 g/mol. The maximum atomic E-state index is 10.7. The van der Waals surface area contributed by atoms with Gasteiger partial charge in [-0.3, -0.25) is 0 Å². The molecule has 0 aliphatic rings. The molecule has 0 radical (unpaired) electrons. The summed E-state index contributed by atoms with van der Waals surface area (Å²) in [6, 6.07) is -0.241. The van der Waals surface area contributed by atoms with Gasteiger partial charge in [0, 0.05) is 0 Å². The molecule has 5 heteroatoms. The Bertz CT molecular complexity index is 297. The second-order valence-corrected chi connectivity index (χ2v) is 10.9. The number of rotatable bonds is 6. The van der Waals surface area contributed by atoms with Gasteiger partial charge in [-0.25, -0.2) is 4.79 Å². The van der Waals surface area contributed by atoms with Gasteiger partial charge in [0.2, 0.25) is 0 Å². The third-order valence-electron chi connectivity index (χ3n) is 3.56. The van der Waals surface area contributed by atoms with Crippen molar-refractivity contribution in [1.29, 1.82) is 0 Å². The van der Waals surface area contributed by atoms with E-state index in [2.05, 4.69) is 45.8 Å². The molecular weight excluding hydrogens is 246 g/mol. The lowest BCUT2D eigenvalue weighted by Gasteiger charge is -2.40. The molecule has 0 bridgehead atoms. The minimum absolute atomic E-state index is 0.107. The van der Waals surface area contributed by atoms with Crippen LogP contribution < -0.4 is 5.32 Å². The number of nitrogens with one attached hydrogen (secondary N) is 1. The summed E-state index contributed by atoms with van der Waals surface area (Å²) < 4.78 is 6.25. The van der Waals surface area contributed by atoms with Gasteiger partial charge >= 0.3 is 6.09 Å². The van der Waals surface area contributed by atoms with Crippen LogP contribution in [0.25, 0.3) is 0 Å². The molecule has 2 atom stereocenters. The molecule has 0 saturated carbocycles. The van der Waals surface area contributed by atoms with E-state index in [0.717, 1.165) is 0 Å². The molecule has 1 unspecified atom stereocenters. The summed E-state index contributed by atoms with van der Waals surface area (Å²) in [6.07, 6.45) is 1.25. The van der Waals surface area contributed by atoms with E-state index in [-0.39, 0.29) is 17.2 Å². The Labute approximate surface area is 112 Å². The van der Waals surface area contributed by atoms with Gasteiger partial charge in [-0.15, -0.1) is 6.58 Å². The van der Waals surface area contributed by atoms with E-state index in [4.69, 9.17) is 9.53 Å². The van der Waals surface area contributed by atoms with Gasteiger partial charge in [0.15, 0.2) is 8.32 Å². The van der Waals surface area contributed by atoms with E-state index in [1.807, 2.05) is 6.92 Å². The van der Waals surface area contributed by atoms with Crippen molar-refractivity contribution in [3.05, 3.63) is 12.7 Å². The Hall–Kier alpha value is -0.813. The van der Waals surface area contributed by atoms with Crippen LogP contribution in [0.4, 0.5) is 4.79 Å². The summed E-state index contributed by atoms with van der Waals surface area (Å²) in [4.78, 5) is 10.7. The highest BCUT2D eigenvalue weighted by atomic mass is 28.4. The predicted octanol–water partition coefficient (Wildman–Crippen LogP) is 3.61. The summed E-state index contributed by atoms with van der Waals surface area (Å²) in [7, 11) is -1.90. The molecule has 106 valence electrons. The Balaban J connectivity index is 4.81. The van der Waals surface area contributed by atoms with E-state index >= 15 is 0 Å². The minimum Gasteiger partial charge on any atom is -0.465 e. The summed E-state index contributed by atoms with van der Waals surface area (Å²) in [5, 5.41) is 11.4. The van der Waals surface area contributed by atoms with E-state index in [9.17, 15) is 4.79 Å². The molecule has 2 N–H and O–H groups in total. The smallest absolute Gasteiger partial charge is 0.404 e. The fourth-order valence-electron chi connectivity index (χ4n) is 1.36. The zero-order valence-corrected chi connectivity index (χ0v) is 13.4. The second kappa shape index (κ2) is 6.38. The average molecular weight is 273 g/mol. The van der Waals surface area contributed by atoms with Crippen molar-refractivity contribution < 1.29 is 14.3 Å². The Morgan fingerprint density at radius 1 is 1.50 bits per heavy atom. The molecule has 1 amide bonds. The highest BCUT2D eigenvalue weighted by Crippen LogP contribution is 2.38. The van der Waals surface area contributed by atoms with Crippen LogP contribution in [-0.4, -0.2) is 31.7 Å². The average Bonchev–Trinajstić information content (AvgIpc) is 2.13. The van der Waals surface area contributed by atoms with Gasteiger partial charge in [0.1, 0.15) is 0 Å². The molecule has 4 nitrogen and oxygen atoms in total. The standard InChI is InChI=1S/C13H27NO3Si/c1-8-9-11(10(2)14-12(15)16)17-18(6,7)13(3,4)5/h8,10-11,14H,1,9H2,2-7H3,(H,15,16)/t10-,11?/m0/s1. The normalized spacial score (nSPS) is 15.9. The van der Waals surface area contributed by atoms with Crippen molar-refractivity contribution in [1.82, 2.24) is 5.32 Å². The molecule has 0 heterocycles. The summed E-state index contributed by atoms with van der Waals surface area (Å²) >= 11 is 0. The van der Waals surface area contributed by atoms with Crippen LogP contribution in [0.3, 0.4) is 0 Å². The van der Waals surface area contributed by atoms with Gasteiger partial charge in [0.25, 0.3) is 0 Å². The molecule has 0 spiro atoms. The summed E-state index contributed by atoms with van der Waals surface area (Å²) in [5.74, 6) is 0. The largest absolute Gasteiger partial charge is 0.465 e. The maximum absolute atomic E-state index is 10.7. The van der Waals surface area contributed by atoms with Crippen LogP contribution in [0.5, 0.6) is 0 Å². The van der Waals surface area contributed by atoms with Crippen molar-refractivity contribution in [2.24, 2.45) is 0 Å². The fourth-order valence-corrected chi connectivity index (χ4v) is 2.77. The molecule has 18 heavy (non-hydrogen) atoms.